The number of aromatic amines is 1. The topological polar surface area (TPSA) is 63.9 Å². The Morgan fingerprint density at radius 1 is 1.35 bits per heavy atom. The van der Waals surface area contributed by atoms with E-state index in [1.165, 1.54) is 0 Å². The summed E-state index contributed by atoms with van der Waals surface area (Å²) in [5, 5.41) is 9.69. The van der Waals surface area contributed by atoms with Crippen molar-refractivity contribution in [1.29, 1.82) is 0 Å². The fourth-order valence-electron chi connectivity index (χ4n) is 2.06. The van der Waals surface area contributed by atoms with Gasteiger partial charge in [-0.1, -0.05) is 23.7 Å². The molecular formula is C14H12ClN3OS. The van der Waals surface area contributed by atoms with Gasteiger partial charge in [0.2, 0.25) is 0 Å². The van der Waals surface area contributed by atoms with Gasteiger partial charge in [-0.25, -0.2) is 0 Å². The molecule has 2 aromatic heterocycles. The fourth-order valence-corrected chi connectivity index (χ4v) is 3.22. The van der Waals surface area contributed by atoms with Crippen molar-refractivity contribution in [2.24, 2.45) is 0 Å². The zero-order chi connectivity index (χ0) is 14.1. The third-order valence-corrected chi connectivity index (χ3v) is 4.36. The molecule has 3 aromatic rings. The molecule has 0 fully saturated rings. The number of rotatable bonds is 3. The molecule has 0 saturated heterocycles. The molecule has 0 aliphatic heterocycles. The van der Waals surface area contributed by atoms with E-state index in [2.05, 4.69) is 10.2 Å². The van der Waals surface area contributed by atoms with E-state index < -0.39 is 0 Å². The molecule has 0 bridgehead atoms. The number of nitrogens with one attached hydrogen (secondary N) is 1. The van der Waals surface area contributed by atoms with Gasteiger partial charge in [-0.2, -0.15) is 5.10 Å². The van der Waals surface area contributed by atoms with Crippen LogP contribution in [0.2, 0.25) is 5.02 Å². The quantitative estimate of drug-likeness (QED) is 0.767. The minimum absolute atomic E-state index is 0.442. The van der Waals surface area contributed by atoms with Crippen molar-refractivity contribution in [3.63, 3.8) is 0 Å². The van der Waals surface area contributed by atoms with Crippen LogP contribution in [0.3, 0.4) is 0 Å². The van der Waals surface area contributed by atoms with Gasteiger partial charge in [0.25, 0.3) is 0 Å². The smallest absolute Gasteiger partial charge is 0.153 e. The lowest BCUT2D eigenvalue weighted by Gasteiger charge is -2.06. The number of aromatic nitrogens is 2. The lowest BCUT2D eigenvalue weighted by molar-refractivity contribution is 0.415. The van der Waals surface area contributed by atoms with Gasteiger partial charge in [0.1, 0.15) is 5.75 Å². The predicted octanol–water partition coefficient (Wildman–Crippen LogP) is 4.05. The molecule has 1 aromatic carbocycles. The van der Waals surface area contributed by atoms with Gasteiger partial charge in [-0.3, -0.25) is 5.10 Å². The van der Waals surface area contributed by atoms with E-state index in [1.807, 2.05) is 35.7 Å². The summed E-state index contributed by atoms with van der Waals surface area (Å²) in [5.74, 6) is 1.21. The maximum absolute atomic E-state index is 6.20. The maximum Gasteiger partial charge on any atom is 0.153 e. The Morgan fingerprint density at radius 2 is 2.20 bits per heavy atom. The summed E-state index contributed by atoms with van der Waals surface area (Å²) >= 11 is 7.74. The second-order valence-corrected chi connectivity index (χ2v) is 5.51. The van der Waals surface area contributed by atoms with Crippen LogP contribution in [-0.4, -0.2) is 17.3 Å². The van der Waals surface area contributed by atoms with Gasteiger partial charge < -0.3 is 10.5 Å². The summed E-state index contributed by atoms with van der Waals surface area (Å²) in [5.41, 5.74) is 8.61. The summed E-state index contributed by atoms with van der Waals surface area (Å²) in [6.45, 7) is 0. The van der Waals surface area contributed by atoms with E-state index in [0.29, 0.717) is 10.8 Å². The van der Waals surface area contributed by atoms with Crippen molar-refractivity contribution in [1.82, 2.24) is 10.2 Å². The molecule has 0 amide bonds. The molecule has 0 aliphatic rings. The van der Waals surface area contributed by atoms with Crippen LogP contribution in [0.15, 0.2) is 35.7 Å². The number of nitrogen functional groups attached to an aromatic ring is 1. The first-order valence-corrected chi connectivity index (χ1v) is 7.18. The fraction of sp³-hybridized carbons (Fsp3) is 0.0714. The number of ether oxygens (including phenoxy) is 1. The van der Waals surface area contributed by atoms with Crippen molar-refractivity contribution in [3.05, 3.63) is 40.7 Å². The van der Waals surface area contributed by atoms with E-state index in [0.717, 1.165) is 27.4 Å². The highest BCUT2D eigenvalue weighted by molar-refractivity contribution is 7.14. The molecule has 0 spiro atoms. The minimum Gasteiger partial charge on any atom is -0.497 e. The van der Waals surface area contributed by atoms with Crippen molar-refractivity contribution < 1.29 is 4.74 Å². The number of nitrogens with zero attached hydrogens (tertiary/aromatic N) is 1. The molecule has 4 nitrogen and oxygen atoms in total. The van der Waals surface area contributed by atoms with Crippen molar-refractivity contribution >= 4 is 28.8 Å². The largest absolute Gasteiger partial charge is 0.497 e. The summed E-state index contributed by atoms with van der Waals surface area (Å²) in [6.07, 6.45) is 0. The summed E-state index contributed by atoms with van der Waals surface area (Å²) in [4.78, 5) is 0.925. The van der Waals surface area contributed by atoms with Gasteiger partial charge in [-0.05, 0) is 29.1 Å². The Morgan fingerprint density at radius 3 is 2.90 bits per heavy atom. The highest BCUT2D eigenvalue weighted by atomic mass is 35.5. The number of thiophene rings is 1. The molecule has 20 heavy (non-hydrogen) atoms. The first kappa shape index (κ1) is 13.0. The molecule has 0 aliphatic carbocycles. The Bertz CT molecular complexity index is 750. The van der Waals surface area contributed by atoms with Gasteiger partial charge >= 0.3 is 0 Å². The Balaban J connectivity index is 2.19. The van der Waals surface area contributed by atoms with E-state index in [9.17, 15) is 0 Å². The first-order valence-electron chi connectivity index (χ1n) is 5.92. The monoisotopic (exact) mass is 305 g/mol. The zero-order valence-electron chi connectivity index (χ0n) is 10.7. The second kappa shape index (κ2) is 5.19. The van der Waals surface area contributed by atoms with Crippen LogP contribution in [0.4, 0.5) is 5.82 Å². The Labute approximate surface area is 125 Å². The molecule has 6 heteroatoms. The van der Waals surface area contributed by atoms with Crippen LogP contribution in [0, 0.1) is 0 Å². The number of halogens is 1. The van der Waals surface area contributed by atoms with E-state index in [-0.39, 0.29) is 0 Å². The highest BCUT2D eigenvalue weighted by Crippen LogP contribution is 2.41. The number of anilines is 1. The van der Waals surface area contributed by atoms with Crippen LogP contribution in [0.25, 0.3) is 21.7 Å². The number of nitrogens with two attached hydrogens (primary N) is 1. The molecule has 0 atom stereocenters. The number of hydrogen-bond acceptors (Lipinski definition) is 4. The van der Waals surface area contributed by atoms with Gasteiger partial charge in [0.15, 0.2) is 5.82 Å². The van der Waals surface area contributed by atoms with Crippen LogP contribution in [0.5, 0.6) is 5.75 Å². The summed E-state index contributed by atoms with van der Waals surface area (Å²) in [6, 6.07) is 9.55. The predicted molar refractivity (Wildman–Crippen MR) is 83.3 cm³/mol. The van der Waals surface area contributed by atoms with Crippen LogP contribution < -0.4 is 10.5 Å². The lowest BCUT2D eigenvalue weighted by Crippen LogP contribution is -1.89. The number of benzene rings is 1. The molecule has 3 N–H and O–H groups in total. The minimum atomic E-state index is 0.442. The summed E-state index contributed by atoms with van der Waals surface area (Å²) < 4.78 is 5.25. The van der Waals surface area contributed by atoms with Crippen LogP contribution in [0.1, 0.15) is 0 Å². The molecule has 0 radical (unpaired) electrons. The number of H-pyrrole nitrogens is 1. The molecule has 3 rings (SSSR count). The maximum atomic E-state index is 6.20. The van der Waals surface area contributed by atoms with E-state index in [4.69, 9.17) is 22.1 Å². The SMILES string of the molecule is COc1cccc(-c2c(N)n[nH]c2-c2sccc2Cl)c1. The highest BCUT2D eigenvalue weighted by Gasteiger charge is 2.18. The molecule has 0 unspecified atom stereocenters. The second-order valence-electron chi connectivity index (χ2n) is 4.19. The van der Waals surface area contributed by atoms with Gasteiger partial charge in [-0.15, -0.1) is 11.3 Å². The third kappa shape index (κ3) is 2.15. The van der Waals surface area contributed by atoms with Crippen LogP contribution in [-0.2, 0) is 0 Å². The molecule has 2 heterocycles. The first-order chi connectivity index (χ1) is 9.70. The molecular weight excluding hydrogens is 294 g/mol. The van der Waals surface area contributed by atoms with Gasteiger partial charge in [0.05, 0.1) is 28.3 Å². The average molecular weight is 306 g/mol. The normalized spacial score (nSPS) is 10.7. The number of hydrogen-bond donors (Lipinski definition) is 2. The average Bonchev–Trinajstić information content (AvgIpc) is 3.04. The third-order valence-electron chi connectivity index (χ3n) is 3.00. The standard InChI is InChI=1S/C14H12ClN3OS/c1-19-9-4-2-3-8(7-9)11-12(17-18-14(11)16)13-10(15)5-6-20-13/h2-7H,1H3,(H3,16,17,18). The van der Waals surface area contributed by atoms with E-state index in [1.54, 1.807) is 18.4 Å². The Hall–Kier alpha value is -1.98. The Kier molecular flexibility index (Phi) is 3.38. The van der Waals surface area contributed by atoms with Crippen LogP contribution >= 0.6 is 22.9 Å². The van der Waals surface area contributed by atoms with Crippen molar-refractivity contribution in [3.8, 4) is 27.4 Å². The summed E-state index contributed by atoms with van der Waals surface area (Å²) in [7, 11) is 1.63. The van der Waals surface area contributed by atoms with Crippen molar-refractivity contribution in [2.45, 2.75) is 0 Å². The lowest BCUT2D eigenvalue weighted by atomic mass is 10.0. The van der Waals surface area contributed by atoms with Crippen molar-refractivity contribution in [2.75, 3.05) is 12.8 Å². The number of methoxy groups -OCH3 is 1. The molecule has 0 saturated carbocycles. The molecule has 102 valence electrons. The van der Waals surface area contributed by atoms with Gasteiger partial charge in [0, 0.05) is 0 Å². The zero-order valence-corrected chi connectivity index (χ0v) is 12.3. The van der Waals surface area contributed by atoms with E-state index >= 15 is 0 Å².